The van der Waals surface area contributed by atoms with Crippen LogP contribution in [0.5, 0.6) is 0 Å². The van der Waals surface area contributed by atoms with E-state index >= 15 is 0 Å². The van der Waals surface area contributed by atoms with Crippen molar-refractivity contribution in [1.82, 2.24) is 4.90 Å². The number of nitrogens with zero attached hydrogens (tertiary/aromatic N) is 2. The fourth-order valence-electron chi connectivity index (χ4n) is 1.02. The summed E-state index contributed by atoms with van der Waals surface area (Å²) in [5.74, 6) is 0.689. The molecule has 0 fully saturated rings. The lowest BCUT2D eigenvalue weighted by Gasteiger charge is -2.09. The van der Waals surface area contributed by atoms with Gasteiger partial charge in [-0.1, -0.05) is 18.2 Å². The van der Waals surface area contributed by atoms with E-state index in [0.29, 0.717) is 5.84 Å². The Morgan fingerprint density at radius 1 is 1.43 bits per heavy atom. The Hall–Kier alpha value is -1.64. The summed E-state index contributed by atoms with van der Waals surface area (Å²) >= 11 is 0. The highest BCUT2D eigenvalue weighted by molar-refractivity contribution is 5.90. The van der Waals surface area contributed by atoms with E-state index < -0.39 is 0 Å². The quantitative estimate of drug-likeness (QED) is 0.399. The monoisotopic (exact) mass is 190 g/mol. The molecule has 74 valence electrons. The van der Waals surface area contributed by atoms with Gasteiger partial charge in [-0.3, -0.25) is 4.79 Å². The number of aliphatic imine (C=N–C) groups is 1. The second-order valence-electron chi connectivity index (χ2n) is 3.16. The predicted molar refractivity (Wildman–Crippen MR) is 57.8 cm³/mol. The number of carbonyl (C=O) groups excluding carboxylic acids is 1. The van der Waals surface area contributed by atoms with Gasteiger partial charge < -0.3 is 4.90 Å². The summed E-state index contributed by atoms with van der Waals surface area (Å²) in [6.45, 7) is 3.80. The molecule has 3 nitrogen and oxygen atoms in total. The minimum atomic E-state index is 0.689. The van der Waals surface area contributed by atoms with Crippen molar-refractivity contribution in [2.45, 2.75) is 13.8 Å². The Bertz CT molecular complexity index is 358. The molecule has 1 aromatic carbocycles. The molecule has 14 heavy (non-hydrogen) atoms. The van der Waals surface area contributed by atoms with E-state index in [4.69, 9.17) is 0 Å². The van der Waals surface area contributed by atoms with Crippen LogP contribution in [0.4, 0.5) is 5.69 Å². The lowest BCUT2D eigenvalue weighted by molar-refractivity contribution is -0.114. The van der Waals surface area contributed by atoms with Crippen LogP contribution < -0.4 is 0 Å². The zero-order valence-electron chi connectivity index (χ0n) is 8.69. The number of para-hydroxylation sites is 1. The average molecular weight is 190 g/mol. The van der Waals surface area contributed by atoms with Crippen molar-refractivity contribution in [3.63, 3.8) is 0 Å². The number of aryl methyl sites for hydroxylation is 1. The summed E-state index contributed by atoms with van der Waals surface area (Å²) in [5.41, 5.74) is 2.00. The lowest BCUT2D eigenvalue weighted by Crippen LogP contribution is -2.21. The maximum atomic E-state index is 10.5. The number of hydrogen-bond donors (Lipinski definition) is 0. The molecule has 0 unspecified atom stereocenters. The van der Waals surface area contributed by atoms with Crippen LogP contribution >= 0.6 is 0 Å². The molecule has 0 aromatic heterocycles. The molecule has 0 aliphatic rings. The van der Waals surface area contributed by atoms with E-state index in [2.05, 4.69) is 4.99 Å². The van der Waals surface area contributed by atoms with Gasteiger partial charge in [0.1, 0.15) is 5.84 Å². The number of benzene rings is 1. The van der Waals surface area contributed by atoms with Gasteiger partial charge >= 0.3 is 0 Å². The fourth-order valence-corrected chi connectivity index (χ4v) is 1.02. The Morgan fingerprint density at radius 2 is 2.07 bits per heavy atom. The van der Waals surface area contributed by atoms with Gasteiger partial charge in [0.15, 0.2) is 0 Å². The fraction of sp³-hybridized carbons (Fsp3) is 0.273. The van der Waals surface area contributed by atoms with Crippen LogP contribution in [-0.4, -0.2) is 24.2 Å². The smallest absolute Gasteiger partial charge is 0.214 e. The van der Waals surface area contributed by atoms with Crippen molar-refractivity contribution in [1.29, 1.82) is 0 Å². The van der Waals surface area contributed by atoms with Crippen molar-refractivity contribution < 1.29 is 4.79 Å². The minimum absolute atomic E-state index is 0.689. The summed E-state index contributed by atoms with van der Waals surface area (Å²) in [4.78, 5) is 16.3. The molecule has 0 saturated carbocycles. The van der Waals surface area contributed by atoms with Gasteiger partial charge in [0.2, 0.25) is 6.41 Å². The van der Waals surface area contributed by atoms with Crippen LogP contribution in [0.2, 0.25) is 0 Å². The molecule has 0 aliphatic heterocycles. The molecular weight excluding hydrogens is 176 g/mol. The molecule has 0 bridgehead atoms. The predicted octanol–water partition coefficient (Wildman–Crippen LogP) is 2.13. The molecule has 1 rings (SSSR count). The second kappa shape index (κ2) is 4.56. The Kier molecular flexibility index (Phi) is 3.40. The highest BCUT2D eigenvalue weighted by Crippen LogP contribution is 2.17. The Labute approximate surface area is 84.1 Å². The molecule has 0 radical (unpaired) electrons. The number of amidine groups is 1. The van der Waals surface area contributed by atoms with Crippen LogP contribution in [0.3, 0.4) is 0 Å². The highest BCUT2D eigenvalue weighted by atomic mass is 16.1. The van der Waals surface area contributed by atoms with Gasteiger partial charge in [-0.25, -0.2) is 4.99 Å². The van der Waals surface area contributed by atoms with E-state index in [9.17, 15) is 4.79 Å². The Morgan fingerprint density at radius 3 is 2.64 bits per heavy atom. The van der Waals surface area contributed by atoms with Gasteiger partial charge in [-0.2, -0.15) is 0 Å². The third kappa shape index (κ3) is 2.42. The number of hydrogen-bond acceptors (Lipinski definition) is 2. The van der Waals surface area contributed by atoms with Gasteiger partial charge in [0.25, 0.3) is 0 Å². The van der Waals surface area contributed by atoms with Crippen molar-refractivity contribution in [3.8, 4) is 0 Å². The average Bonchev–Trinajstić information content (AvgIpc) is 2.20. The third-order valence-corrected chi connectivity index (χ3v) is 2.07. The second-order valence-corrected chi connectivity index (χ2v) is 3.16. The third-order valence-electron chi connectivity index (χ3n) is 2.07. The van der Waals surface area contributed by atoms with E-state index in [1.54, 1.807) is 14.0 Å². The molecule has 3 heteroatoms. The maximum absolute atomic E-state index is 10.5. The first-order valence-electron chi connectivity index (χ1n) is 4.44. The molecule has 1 amide bonds. The number of carbonyl (C=O) groups is 1. The van der Waals surface area contributed by atoms with Gasteiger partial charge in [0.05, 0.1) is 5.69 Å². The summed E-state index contributed by atoms with van der Waals surface area (Å²) < 4.78 is 0. The maximum Gasteiger partial charge on any atom is 0.214 e. The normalized spacial score (nSPS) is 11.2. The van der Waals surface area contributed by atoms with Crippen molar-refractivity contribution in [2.24, 2.45) is 4.99 Å². The molecule has 0 atom stereocenters. The lowest BCUT2D eigenvalue weighted by atomic mass is 10.2. The van der Waals surface area contributed by atoms with E-state index in [1.807, 2.05) is 31.2 Å². The van der Waals surface area contributed by atoms with Gasteiger partial charge in [0, 0.05) is 7.05 Å². The van der Waals surface area contributed by atoms with Gasteiger partial charge in [-0.15, -0.1) is 0 Å². The zero-order valence-corrected chi connectivity index (χ0v) is 8.69. The topological polar surface area (TPSA) is 32.7 Å². The highest BCUT2D eigenvalue weighted by Gasteiger charge is 1.99. The first kappa shape index (κ1) is 10.4. The Balaban J connectivity index is 2.97. The molecule has 0 saturated heterocycles. The van der Waals surface area contributed by atoms with Crippen LogP contribution in [0.1, 0.15) is 12.5 Å². The molecule has 0 N–H and O–H groups in total. The first-order valence-corrected chi connectivity index (χ1v) is 4.44. The molecule has 0 heterocycles. The first-order chi connectivity index (χ1) is 6.65. The SMILES string of the molecule is CC(=Nc1ccccc1C)N(C)C=O. The molecular formula is C11H14N2O. The van der Waals surface area contributed by atoms with Gasteiger partial charge in [-0.05, 0) is 25.5 Å². The molecule has 1 aromatic rings. The van der Waals surface area contributed by atoms with Crippen molar-refractivity contribution in [3.05, 3.63) is 29.8 Å². The number of rotatable bonds is 2. The van der Waals surface area contributed by atoms with E-state index in [-0.39, 0.29) is 0 Å². The van der Waals surface area contributed by atoms with Crippen molar-refractivity contribution in [2.75, 3.05) is 7.05 Å². The molecule has 0 aliphatic carbocycles. The molecule has 0 spiro atoms. The largest absolute Gasteiger partial charge is 0.306 e. The summed E-state index contributed by atoms with van der Waals surface area (Å²) in [6.07, 6.45) is 0.747. The van der Waals surface area contributed by atoms with Crippen LogP contribution in [-0.2, 0) is 4.79 Å². The van der Waals surface area contributed by atoms with Crippen LogP contribution in [0.15, 0.2) is 29.3 Å². The van der Waals surface area contributed by atoms with Crippen LogP contribution in [0.25, 0.3) is 0 Å². The van der Waals surface area contributed by atoms with Crippen molar-refractivity contribution >= 4 is 17.9 Å². The number of amides is 1. The minimum Gasteiger partial charge on any atom is -0.306 e. The standard InChI is InChI=1S/C11H14N2O/c1-9-6-4-5-7-11(9)12-10(2)13(3)8-14/h4-8H,1-3H3. The summed E-state index contributed by atoms with van der Waals surface area (Å²) in [6, 6.07) is 7.82. The summed E-state index contributed by atoms with van der Waals surface area (Å²) in [5, 5.41) is 0. The van der Waals surface area contributed by atoms with E-state index in [1.165, 1.54) is 4.90 Å². The summed E-state index contributed by atoms with van der Waals surface area (Å²) in [7, 11) is 1.68. The van der Waals surface area contributed by atoms with Crippen LogP contribution in [0, 0.1) is 6.92 Å². The van der Waals surface area contributed by atoms with E-state index in [0.717, 1.165) is 17.7 Å². The zero-order chi connectivity index (χ0) is 10.6.